The Morgan fingerprint density at radius 1 is 1.39 bits per heavy atom. The minimum absolute atomic E-state index is 0.259. The van der Waals surface area contributed by atoms with E-state index >= 15 is 0 Å². The molecule has 18 heavy (non-hydrogen) atoms. The van der Waals surface area contributed by atoms with Gasteiger partial charge in [0.1, 0.15) is 0 Å². The first-order valence-corrected chi connectivity index (χ1v) is 6.62. The van der Waals surface area contributed by atoms with Gasteiger partial charge in [0.05, 0.1) is 23.4 Å². The average molecular weight is 272 g/mol. The predicted molar refractivity (Wildman–Crippen MR) is 76.4 cm³/mol. The number of anilines is 1. The molecule has 102 valence electrons. The molecule has 0 spiro atoms. The van der Waals surface area contributed by atoms with Gasteiger partial charge in [0, 0.05) is 19.7 Å². The largest absolute Gasteiger partial charge is 0.389 e. The van der Waals surface area contributed by atoms with Crippen LogP contribution >= 0.6 is 11.6 Å². The Bertz CT molecular complexity index is 382. The third-order valence-electron chi connectivity index (χ3n) is 3.04. The van der Waals surface area contributed by atoms with Crippen molar-refractivity contribution in [3.63, 3.8) is 0 Å². The number of hydrogen-bond donors (Lipinski definition) is 1. The molecule has 0 fully saturated rings. The van der Waals surface area contributed by atoms with Crippen molar-refractivity contribution >= 4 is 17.3 Å². The number of methoxy groups -OCH3 is 1. The lowest BCUT2D eigenvalue weighted by atomic mass is 10.1. The van der Waals surface area contributed by atoms with E-state index in [9.17, 15) is 5.11 Å². The van der Waals surface area contributed by atoms with Crippen molar-refractivity contribution in [2.45, 2.75) is 32.9 Å². The normalized spacial score (nSPS) is 14.3. The van der Waals surface area contributed by atoms with Crippen LogP contribution in [0.5, 0.6) is 0 Å². The van der Waals surface area contributed by atoms with Gasteiger partial charge >= 0.3 is 0 Å². The Morgan fingerprint density at radius 2 is 2.06 bits per heavy atom. The summed E-state index contributed by atoms with van der Waals surface area (Å²) in [4.78, 5) is 2.19. The Hall–Kier alpha value is -0.770. The van der Waals surface area contributed by atoms with Gasteiger partial charge in [-0.05, 0) is 38.5 Å². The van der Waals surface area contributed by atoms with E-state index < -0.39 is 6.10 Å². The van der Waals surface area contributed by atoms with Crippen molar-refractivity contribution < 1.29 is 9.84 Å². The number of likely N-dealkylation sites (N-methyl/N-ethyl adjacent to an activating group) is 1. The lowest BCUT2D eigenvalue weighted by Crippen LogP contribution is -2.36. The van der Waals surface area contributed by atoms with Gasteiger partial charge in [-0.2, -0.15) is 0 Å². The molecule has 0 aliphatic heterocycles. The second kappa shape index (κ2) is 6.98. The van der Waals surface area contributed by atoms with Gasteiger partial charge in [0.15, 0.2) is 0 Å². The molecule has 4 heteroatoms. The maximum atomic E-state index is 9.54. The molecule has 1 aromatic carbocycles. The number of halogens is 1. The van der Waals surface area contributed by atoms with E-state index in [1.165, 1.54) is 0 Å². The third kappa shape index (κ3) is 3.61. The van der Waals surface area contributed by atoms with Gasteiger partial charge in [-0.25, -0.2) is 0 Å². The first-order valence-electron chi connectivity index (χ1n) is 6.24. The molecule has 0 saturated heterocycles. The summed E-state index contributed by atoms with van der Waals surface area (Å²) >= 11 is 6.30. The molecule has 0 aliphatic rings. The molecule has 0 radical (unpaired) electrons. The first-order chi connectivity index (χ1) is 8.51. The zero-order valence-electron chi connectivity index (χ0n) is 11.5. The maximum absolute atomic E-state index is 9.54. The van der Waals surface area contributed by atoms with Crippen molar-refractivity contribution in [2.75, 3.05) is 25.2 Å². The van der Waals surface area contributed by atoms with Crippen LogP contribution < -0.4 is 4.90 Å². The second-order valence-electron chi connectivity index (χ2n) is 4.48. The molecule has 0 heterocycles. The van der Waals surface area contributed by atoms with Crippen LogP contribution in [0.2, 0.25) is 5.02 Å². The molecule has 0 aromatic heterocycles. The van der Waals surface area contributed by atoms with Crippen LogP contribution in [-0.2, 0) is 4.74 Å². The van der Waals surface area contributed by atoms with Crippen LogP contribution in [0.4, 0.5) is 5.69 Å². The SMILES string of the molecule is CCN(c1ccc([C@H](C)O)cc1Cl)C(C)COC. The Morgan fingerprint density at radius 3 is 2.50 bits per heavy atom. The number of benzene rings is 1. The van der Waals surface area contributed by atoms with Crippen LogP contribution in [0.1, 0.15) is 32.4 Å². The van der Waals surface area contributed by atoms with Gasteiger partial charge in [-0.3, -0.25) is 0 Å². The summed E-state index contributed by atoms with van der Waals surface area (Å²) in [5, 5.41) is 10.2. The van der Waals surface area contributed by atoms with E-state index in [4.69, 9.17) is 16.3 Å². The van der Waals surface area contributed by atoms with Gasteiger partial charge in [-0.15, -0.1) is 0 Å². The molecule has 1 unspecified atom stereocenters. The molecule has 0 saturated carbocycles. The van der Waals surface area contributed by atoms with Crippen molar-refractivity contribution in [3.8, 4) is 0 Å². The molecule has 3 nitrogen and oxygen atoms in total. The summed E-state index contributed by atoms with van der Waals surface area (Å²) in [6, 6.07) is 5.95. The highest BCUT2D eigenvalue weighted by atomic mass is 35.5. The molecule has 0 bridgehead atoms. The molecule has 1 rings (SSSR count). The van der Waals surface area contributed by atoms with Crippen LogP contribution in [0.25, 0.3) is 0 Å². The highest BCUT2D eigenvalue weighted by Crippen LogP contribution is 2.30. The number of ether oxygens (including phenoxy) is 1. The smallest absolute Gasteiger partial charge is 0.0762 e. The summed E-state index contributed by atoms with van der Waals surface area (Å²) < 4.78 is 5.18. The fraction of sp³-hybridized carbons (Fsp3) is 0.571. The van der Waals surface area contributed by atoms with E-state index in [1.807, 2.05) is 18.2 Å². The van der Waals surface area contributed by atoms with Crippen molar-refractivity contribution in [1.29, 1.82) is 0 Å². The van der Waals surface area contributed by atoms with E-state index in [0.29, 0.717) is 11.6 Å². The number of hydrogen-bond acceptors (Lipinski definition) is 3. The van der Waals surface area contributed by atoms with Crippen LogP contribution in [-0.4, -0.2) is 31.4 Å². The van der Waals surface area contributed by atoms with E-state index in [0.717, 1.165) is 17.8 Å². The Labute approximate surface area is 114 Å². The monoisotopic (exact) mass is 271 g/mol. The predicted octanol–water partition coefficient (Wildman–Crippen LogP) is 3.25. The van der Waals surface area contributed by atoms with Crippen molar-refractivity contribution in [2.24, 2.45) is 0 Å². The Kier molecular flexibility index (Phi) is 5.93. The van der Waals surface area contributed by atoms with Crippen molar-refractivity contribution in [3.05, 3.63) is 28.8 Å². The number of nitrogens with zero attached hydrogens (tertiary/aromatic N) is 1. The van der Waals surface area contributed by atoms with Gasteiger partial charge < -0.3 is 14.7 Å². The summed E-state index contributed by atoms with van der Waals surface area (Å²) in [7, 11) is 1.70. The van der Waals surface area contributed by atoms with Gasteiger partial charge in [0.25, 0.3) is 0 Å². The van der Waals surface area contributed by atoms with Gasteiger partial charge in [-0.1, -0.05) is 17.7 Å². The van der Waals surface area contributed by atoms with Crippen LogP contribution in [0.3, 0.4) is 0 Å². The molecule has 1 aromatic rings. The van der Waals surface area contributed by atoms with E-state index in [2.05, 4.69) is 18.7 Å². The lowest BCUT2D eigenvalue weighted by Gasteiger charge is -2.30. The fourth-order valence-electron chi connectivity index (χ4n) is 2.07. The number of aliphatic hydroxyl groups excluding tert-OH is 1. The lowest BCUT2D eigenvalue weighted by molar-refractivity contribution is 0.182. The second-order valence-corrected chi connectivity index (χ2v) is 4.88. The molecule has 1 N–H and O–H groups in total. The first kappa shape index (κ1) is 15.3. The fourth-order valence-corrected chi connectivity index (χ4v) is 2.36. The Balaban J connectivity index is 2.99. The van der Waals surface area contributed by atoms with Crippen LogP contribution in [0.15, 0.2) is 18.2 Å². The molecule has 2 atom stereocenters. The molecule has 0 amide bonds. The summed E-state index contributed by atoms with van der Waals surface area (Å²) in [5.41, 5.74) is 1.81. The zero-order chi connectivity index (χ0) is 13.7. The quantitative estimate of drug-likeness (QED) is 0.862. The average Bonchev–Trinajstić information content (AvgIpc) is 2.32. The molecular formula is C14H22ClNO2. The highest BCUT2D eigenvalue weighted by molar-refractivity contribution is 6.33. The standard InChI is InChI=1S/C14H22ClNO2/c1-5-16(10(2)9-18-4)14-7-6-12(11(3)17)8-13(14)15/h6-8,10-11,17H,5,9H2,1-4H3/t10?,11-/m0/s1. The minimum Gasteiger partial charge on any atom is -0.389 e. The van der Waals surface area contributed by atoms with Gasteiger partial charge in [0.2, 0.25) is 0 Å². The summed E-state index contributed by atoms with van der Waals surface area (Å²) in [6.07, 6.45) is -0.497. The van der Waals surface area contributed by atoms with E-state index in [-0.39, 0.29) is 6.04 Å². The van der Waals surface area contributed by atoms with Crippen LogP contribution in [0, 0.1) is 0 Å². The number of aliphatic hydroxyl groups is 1. The number of rotatable bonds is 6. The minimum atomic E-state index is -0.497. The third-order valence-corrected chi connectivity index (χ3v) is 3.35. The summed E-state index contributed by atoms with van der Waals surface area (Å²) in [6.45, 7) is 7.44. The van der Waals surface area contributed by atoms with Crippen molar-refractivity contribution in [1.82, 2.24) is 0 Å². The zero-order valence-corrected chi connectivity index (χ0v) is 12.2. The summed E-state index contributed by atoms with van der Waals surface area (Å²) in [5.74, 6) is 0. The maximum Gasteiger partial charge on any atom is 0.0762 e. The highest BCUT2D eigenvalue weighted by Gasteiger charge is 2.16. The topological polar surface area (TPSA) is 32.7 Å². The van der Waals surface area contributed by atoms with E-state index in [1.54, 1.807) is 14.0 Å². The molecule has 0 aliphatic carbocycles. The molecular weight excluding hydrogens is 250 g/mol.